The predicted molar refractivity (Wildman–Crippen MR) is 101 cm³/mol. The third kappa shape index (κ3) is 3.24. The third-order valence-electron chi connectivity index (χ3n) is 4.98. The molecule has 7 heteroatoms. The largest absolute Gasteiger partial charge is 0.504 e. The molecule has 0 aliphatic heterocycles. The molecule has 1 aliphatic carbocycles. The molecule has 2 atom stereocenters. The maximum Gasteiger partial charge on any atom is 0.203 e. The second-order valence-corrected chi connectivity index (χ2v) is 6.45. The van der Waals surface area contributed by atoms with Crippen molar-refractivity contribution in [1.29, 1.82) is 0 Å². The highest BCUT2D eigenvalue weighted by Crippen LogP contribution is 2.47. The van der Waals surface area contributed by atoms with E-state index in [0.717, 1.165) is 0 Å². The molecule has 2 unspecified atom stereocenters. The zero-order valence-electron chi connectivity index (χ0n) is 16.1. The highest BCUT2D eigenvalue weighted by Gasteiger charge is 2.44. The molecule has 7 nitrogen and oxygen atoms in total. The fourth-order valence-corrected chi connectivity index (χ4v) is 3.70. The summed E-state index contributed by atoms with van der Waals surface area (Å²) in [6.07, 6.45) is -0.168. The van der Waals surface area contributed by atoms with Gasteiger partial charge in [0.25, 0.3) is 0 Å². The van der Waals surface area contributed by atoms with Gasteiger partial charge < -0.3 is 24.1 Å². The van der Waals surface area contributed by atoms with Crippen LogP contribution in [-0.2, 0) is 9.59 Å². The maximum atomic E-state index is 12.7. The van der Waals surface area contributed by atoms with Crippen LogP contribution in [0.5, 0.6) is 28.7 Å². The lowest BCUT2D eigenvalue weighted by molar-refractivity contribution is -0.122. The first kappa shape index (κ1) is 19.5. The molecule has 1 aliphatic rings. The van der Waals surface area contributed by atoms with E-state index in [4.69, 9.17) is 18.9 Å². The van der Waals surface area contributed by atoms with Crippen LogP contribution in [-0.4, -0.2) is 45.1 Å². The molecule has 0 radical (unpaired) electrons. The number of phenols is 1. The summed E-state index contributed by atoms with van der Waals surface area (Å²) in [6, 6.07) is 8.08. The fraction of sp³-hybridized carbons (Fsp3) is 0.333. The average molecular weight is 386 g/mol. The lowest BCUT2D eigenvalue weighted by Crippen LogP contribution is -2.15. The Kier molecular flexibility index (Phi) is 5.44. The zero-order valence-corrected chi connectivity index (χ0v) is 16.1. The number of rotatable bonds is 6. The van der Waals surface area contributed by atoms with Crippen molar-refractivity contribution in [3.63, 3.8) is 0 Å². The number of Topliss-reactive ketones (excluding diaryl/α,β-unsaturated/α-hetero) is 2. The topological polar surface area (TPSA) is 91.3 Å². The van der Waals surface area contributed by atoms with Gasteiger partial charge in [0.05, 0.1) is 46.7 Å². The first-order chi connectivity index (χ1) is 13.4. The maximum absolute atomic E-state index is 12.7. The monoisotopic (exact) mass is 386 g/mol. The molecule has 148 valence electrons. The van der Waals surface area contributed by atoms with Crippen molar-refractivity contribution in [3.05, 3.63) is 41.5 Å². The van der Waals surface area contributed by atoms with Crippen LogP contribution in [0.25, 0.3) is 0 Å². The summed E-state index contributed by atoms with van der Waals surface area (Å²) < 4.78 is 21.1. The minimum atomic E-state index is -0.716. The van der Waals surface area contributed by atoms with E-state index < -0.39 is 11.8 Å². The number of phenolic OH excluding ortho intramolecular Hbond substituents is 1. The highest BCUT2D eigenvalue weighted by atomic mass is 16.5. The molecule has 3 rings (SSSR count). The number of carbonyl (C=O) groups excluding carboxylic acids is 2. The van der Waals surface area contributed by atoms with E-state index in [2.05, 4.69) is 0 Å². The second kappa shape index (κ2) is 7.80. The molecule has 1 fully saturated rings. The van der Waals surface area contributed by atoms with Crippen molar-refractivity contribution in [3.8, 4) is 28.7 Å². The summed E-state index contributed by atoms with van der Waals surface area (Å²) in [5.74, 6) is -0.403. The van der Waals surface area contributed by atoms with E-state index in [1.54, 1.807) is 24.3 Å². The summed E-state index contributed by atoms with van der Waals surface area (Å²) in [7, 11) is 5.91. The fourth-order valence-electron chi connectivity index (χ4n) is 3.70. The van der Waals surface area contributed by atoms with Crippen LogP contribution >= 0.6 is 0 Å². The molecule has 0 heterocycles. The lowest BCUT2D eigenvalue weighted by Gasteiger charge is -2.21. The Hall–Kier alpha value is -3.22. The van der Waals surface area contributed by atoms with Gasteiger partial charge in [-0.05, 0) is 35.4 Å². The van der Waals surface area contributed by atoms with Gasteiger partial charge in [-0.15, -0.1) is 0 Å². The van der Waals surface area contributed by atoms with E-state index in [1.807, 2.05) is 0 Å². The van der Waals surface area contributed by atoms with Crippen molar-refractivity contribution in [2.75, 3.05) is 28.4 Å². The van der Waals surface area contributed by atoms with Gasteiger partial charge in [0.15, 0.2) is 23.0 Å². The molecule has 0 aromatic heterocycles. The smallest absolute Gasteiger partial charge is 0.203 e. The van der Waals surface area contributed by atoms with Gasteiger partial charge >= 0.3 is 0 Å². The first-order valence-corrected chi connectivity index (χ1v) is 8.67. The summed E-state index contributed by atoms with van der Waals surface area (Å²) in [6.45, 7) is 0. The van der Waals surface area contributed by atoms with E-state index >= 15 is 0 Å². The minimum absolute atomic E-state index is 0.0872. The van der Waals surface area contributed by atoms with Crippen molar-refractivity contribution in [1.82, 2.24) is 0 Å². The summed E-state index contributed by atoms with van der Waals surface area (Å²) in [4.78, 5) is 25.4. The quantitative estimate of drug-likeness (QED) is 0.763. The van der Waals surface area contributed by atoms with Crippen LogP contribution in [0.15, 0.2) is 30.3 Å². The number of methoxy groups -OCH3 is 4. The second-order valence-electron chi connectivity index (χ2n) is 6.45. The van der Waals surface area contributed by atoms with Crippen molar-refractivity contribution in [2.45, 2.75) is 18.3 Å². The number of benzene rings is 2. The summed E-state index contributed by atoms with van der Waals surface area (Å²) in [5, 5.41) is 10.1. The van der Waals surface area contributed by atoms with Crippen molar-refractivity contribution >= 4 is 11.6 Å². The third-order valence-corrected chi connectivity index (χ3v) is 4.98. The molecule has 2 aromatic rings. The molecule has 1 saturated carbocycles. The summed E-state index contributed by atoms with van der Waals surface area (Å²) in [5.41, 5.74) is 1.14. The minimum Gasteiger partial charge on any atom is -0.504 e. The highest BCUT2D eigenvalue weighted by molar-refractivity contribution is 6.13. The number of hydrogen-bond acceptors (Lipinski definition) is 7. The van der Waals surface area contributed by atoms with Crippen LogP contribution < -0.4 is 18.9 Å². The van der Waals surface area contributed by atoms with Crippen LogP contribution in [0, 0.1) is 0 Å². The van der Waals surface area contributed by atoms with Crippen LogP contribution in [0.2, 0.25) is 0 Å². The molecule has 0 amide bonds. The number of hydrogen-bond donors (Lipinski definition) is 1. The van der Waals surface area contributed by atoms with Gasteiger partial charge in [0, 0.05) is 0 Å². The van der Waals surface area contributed by atoms with Crippen molar-refractivity contribution < 1.29 is 33.6 Å². The van der Waals surface area contributed by atoms with Gasteiger partial charge in [-0.1, -0.05) is 6.07 Å². The Labute approximate surface area is 162 Å². The Bertz CT molecular complexity index is 894. The number of ether oxygens (including phenoxy) is 4. The average Bonchev–Trinajstić information content (AvgIpc) is 3.00. The standard InChI is InChI=1S/C21H22O7/c1-25-16-6-5-11(7-13(16)22)19-14(23)10-15(24)20(19)12-8-17(26-2)21(28-4)18(9-12)27-3/h5-9,19-20,22H,10H2,1-4H3. The van der Waals surface area contributed by atoms with Crippen LogP contribution in [0.4, 0.5) is 0 Å². The Morgan fingerprint density at radius 3 is 1.75 bits per heavy atom. The predicted octanol–water partition coefficient (Wildman–Crippen LogP) is 2.84. The van der Waals surface area contributed by atoms with Crippen molar-refractivity contribution in [2.24, 2.45) is 0 Å². The molecular weight excluding hydrogens is 364 g/mol. The molecular formula is C21H22O7. The molecule has 0 saturated heterocycles. The number of ketones is 2. The Balaban J connectivity index is 2.12. The molecule has 0 spiro atoms. The van der Waals surface area contributed by atoms with E-state index in [-0.39, 0.29) is 23.7 Å². The van der Waals surface area contributed by atoms with Gasteiger partial charge in [0.2, 0.25) is 5.75 Å². The molecule has 1 N–H and O–H groups in total. The van der Waals surface area contributed by atoms with Gasteiger partial charge in [0.1, 0.15) is 11.6 Å². The molecule has 28 heavy (non-hydrogen) atoms. The number of carbonyl (C=O) groups is 2. The molecule has 0 bridgehead atoms. The zero-order chi connectivity index (χ0) is 20.4. The molecule has 2 aromatic carbocycles. The van der Waals surface area contributed by atoms with Gasteiger partial charge in [-0.3, -0.25) is 9.59 Å². The number of aromatic hydroxyl groups is 1. The Morgan fingerprint density at radius 1 is 0.750 bits per heavy atom. The summed E-state index contributed by atoms with van der Waals surface area (Å²) >= 11 is 0. The van der Waals surface area contributed by atoms with E-state index in [1.165, 1.54) is 34.5 Å². The van der Waals surface area contributed by atoms with Crippen LogP contribution in [0.1, 0.15) is 29.4 Å². The van der Waals surface area contributed by atoms with E-state index in [0.29, 0.717) is 34.1 Å². The van der Waals surface area contributed by atoms with Gasteiger partial charge in [-0.2, -0.15) is 0 Å². The normalized spacial score (nSPS) is 18.9. The Morgan fingerprint density at radius 2 is 1.29 bits per heavy atom. The van der Waals surface area contributed by atoms with Gasteiger partial charge in [-0.25, -0.2) is 0 Å². The lowest BCUT2D eigenvalue weighted by atomic mass is 9.83. The van der Waals surface area contributed by atoms with Crippen LogP contribution in [0.3, 0.4) is 0 Å². The van der Waals surface area contributed by atoms with E-state index in [9.17, 15) is 14.7 Å². The SMILES string of the molecule is COc1ccc(C2C(=O)CC(=O)C2c2cc(OC)c(OC)c(OC)c2)cc1O. The first-order valence-electron chi connectivity index (χ1n) is 8.67.